The third-order valence-electron chi connectivity index (χ3n) is 4.10. The number of benzene rings is 2. The summed E-state index contributed by atoms with van der Waals surface area (Å²) in [7, 11) is 0. The van der Waals surface area contributed by atoms with Gasteiger partial charge in [-0.15, -0.1) is 0 Å². The van der Waals surface area contributed by atoms with Crippen LogP contribution in [0.2, 0.25) is 0 Å². The molecule has 0 radical (unpaired) electrons. The number of nitrogens with two attached hydrogens (primary N) is 1. The van der Waals surface area contributed by atoms with E-state index in [4.69, 9.17) is 5.73 Å². The van der Waals surface area contributed by atoms with Gasteiger partial charge in [0.15, 0.2) is 0 Å². The van der Waals surface area contributed by atoms with Crippen LogP contribution in [0.3, 0.4) is 0 Å². The van der Waals surface area contributed by atoms with Crippen molar-refractivity contribution in [2.24, 2.45) is 5.73 Å². The zero-order valence-electron chi connectivity index (χ0n) is 14.8. The summed E-state index contributed by atoms with van der Waals surface area (Å²) in [4.78, 5) is 27.7. The van der Waals surface area contributed by atoms with Crippen molar-refractivity contribution >= 4 is 17.6 Å². The Hall–Kier alpha value is -3.68. The summed E-state index contributed by atoms with van der Waals surface area (Å²) in [5.74, 6) is -0.231. The molecule has 0 saturated carbocycles. The molecule has 138 valence electrons. The second-order valence-corrected chi connectivity index (χ2v) is 6.06. The van der Waals surface area contributed by atoms with Crippen LogP contribution in [0.25, 0.3) is 5.69 Å². The molecule has 1 aromatic heterocycles. The van der Waals surface area contributed by atoms with Crippen molar-refractivity contribution in [2.75, 3.05) is 5.32 Å². The molecule has 27 heavy (non-hydrogen) atoms. The van der Waals surface area contributed by atoms with Gasteiger partial charge in [-0.25, -0.2) is 14.5 Å². The van der Waals surface area contributed by atoms with E-state index < -0.39 is 12.1 Å². The zero-order chi connectivity index (χ0) is 19.2. The molecular formula is C19H20N6O2. The summed E-state index contributed by atoms with van der Waals surface area (Å²) in [5.41, 5.74) is 8.58. The monoisotopic (exact) mass is 364 g/mol. The quantitative estimate of drug-likeness (QED) is 0.622. The maximum atomic E-state index is 12.5. The number of carbonyl (C=O) groups is 2. The first-order valence-electron chi connectivity index (χ1n) is 8.39. The molecule has 3 rings (SSSR count). The van der Waals surface area contributed by atoms with Crippen molar-refractivity contribution in [3.05, 3.63) is 72.3 Å². The molecule has 3 aromatic rings. The zero-order valence-corrected chi connectivity index (χ0v) is 14.8. The van der Waals surface area contributed by atoms with Crippen molar-refractivity contribution in [2.45, 2.75) is 19.4 Å². The fourth-order valence-electron chi connectivity index (χ4n) is 2.82. The molecular weight excluding hydrogens is 344 g/mol. The number of hydrogen-bond acceptors (Lipinski definition) is 4. The molecule has 0 aliphatic rings. The van der Waals surface area contributed by atoms with Gasteiger partial charge in [0, 0.05) is 5.69 Å². The van der Waals surface area contributed by atoms with E-state index >= 15 is 0 Å². The van der Waals surface area contributed by atoms with Gasteiger partial charge in [-0.05, 0) is 42.3 Å². The maximum Gasteiger partial charge on any atom is 0.312 e. The second-order valence-electron chi connectivity index (χ2n) is 6.06. The average Bonchev–Trinajstić information content (AvgIpc) is 3.16. The minimum Gasteiger partial charge on any atom is -0.352 e. The van der Waals surface area contributed by atoms with E-state index in [-0.39, 0.29) is 12.3 Å². The first-order valence-corrected chi connectivity index (χ1v) is 8.39. The van der Waals surface area contributed by atoms with Gasteiger partial charge >= 0.3 is 6.03 Å². The molecule has 1 unspecified atom stereocenters. The molecule has 0 fully saturated rings. The lowest BCUT2D eigenvalue weighted by atomic mass is 9.98. The van der Waals surface area contributed by atoms with Crippen LogP contribution in [-0.4, -0.2) is 26.7 Å². The number of urea groups is 1. The Morgan fingerprint density at radius 2 is 1.89 bits per heavy atom. The molecule has 0 spiro atoms. The third kappa shape index (κ3) is 4.69. The smallest absolute Gasteiger partial charge is 0.312 e. The Labute approximate surface area is 156 Å². The van der Waals surface area contributed by atoms with Crippen LogP contribution >= 0.6 is 0 Å². The lowest BCUT2D eigenvalue weighted by Crippen LogP contribution is -2.35. The summed E-state index contributed by atoms with van der Waals surface area (Å²) in [6, 6.07) is 13.6. The standard InChI is InChI=1S/C19H20N6O2/c1-13-4-2-3-5-16(13)17(24-19(20)27)10-18(26)23-14-6-8-15(9-7-14)25-12-21-11-22-25/h2-9,11-12,17H,10H2,1H3,(H,23,26)(H3,20,24,27). The fraction of sp³-hybridized carbons (Fsp3) is 0.158. The number of aryl methyl sites for hydroxylation is 1. The van der Waals surface area contributed by atoms with E-state index in [9.17, 15) is 9.59 Å². The number of rotatable bonds is 6. The molecule has 1 heterocycles. The van der Waals surface area contributed by atoms with Crippen molar-refractivity contribution in [3.63, 3.8) is 0 Å². The fourth-order valence-corrected chi connectivity index (χ4v) is 2.82. The molecule has 0 saturated heterocycles. The van der Waals surface area contributed by atoms with Gasteiger partial charge in [-0.3, -0.25) is 4.79 Å². The van der Waals surface area contributed by atoms with Gasteiger partial charge in [0.05, 0.1) is 18.2 Å². The van der Waals surface area contributed by atoms with Crippen molar-refractivity contribution < 1.29 is 9.59 Å². The number of nitrogens with zero attached hydrogens (tertiary/aromatic N) is 3. The van der Waals surface area contributed by atoms with Crippen LogP contribution < -0.4 is 16.4 Å². The maximum absolute atomic E-state index is 12.5. The Morgan fingerprint density at radius 1 is 1.15 bits per heavy atom. The lowest BCUT2D eigenvalue weighted by Gasteiger charge is -2.19. The highest BCUT2D eigenvalue weighted by atomic mass is 16.2. The number of aromatic nitrogens is 3. The second kappa shape index (κ2) is 8.13. The van der Waals surface area contributed by atoms with Gasteiger partial charge < -0.3 is 16.4 Å². The minimum absolute atomic E-state index is 0.0681. The number of nitrogens with one attached hydrogen (secondary N) is 2. The first kappa shape index (κ1) is 18.1. The Morgan fingerprint density at radius 3 is 2.52 bits per heavy atom. The summed E-state index contributed by atoms with van der Waals surface area (Å²) in [5, 5.41) is 9.52. The van der Waals surface area contributed by atoms with Crippen molar-refractivity contribution in [1.82, 2.24) is 20.1 Å². The summed E-state index contributed by atoms with van der Waals surface area (Å²) in [6.07, 6.45) is 3.11. The van der Waals surface area contributed by atoms with Crippen LogP contribution in [0.1, 0.15) is 23.6 Å². The van der Waals surface area contributed by atoms with Gasteiger partial charge in [0.1, 0.15) is 12.7 Å². The van der Waals surface area contributed by atoms with Crippen LogP contribution in [0.5, 0.6) is 0 Å². The predicted octanol–water partition coefficient (Wildman–Crippen LogP) is 2.31. The van der Waals surface area contributed by atoms with E-state index in [1.807, 2.05) is 43.3 Å². The lowest BCUT2D eigenvalue weighted by molar-refractivity contribution is -0.116. The normalized spacial score (nSPS) is 11.6. The summed E-state index contributed by atoms with van der Waals surface area (Å²) >= 11 is 0. The number of carbonyl (C=O) groups excluding carboxylic acids is 2. The number of hydrogen-bond donors (Lipinski definition) is 3. The van der Waals surface area contributed by atoms with Gasteiger partial charge in [-0.1, -0.05) is 24.3 Å². The first-order chi connectivity index (χ1) is 13.0. The molecule has 0 bridgehead atoms. The molecule has 3 amide bonds. The Kier molecular flexibility index (Phi) is 5.46. The van der Waals surface area contributed by atoms with Crippen LogP contribution in [-0.2, 0) is 4.79 Å². The van der Waals surface area contributed by atoms with E-state index in [1.165, 1.54) is 6.33 Å². The van der Waals surface area contributed by atoms with E-state index in [1.54, 1.807) is 23.1 Å². The van der Waals surface area contributed by atoms with Crippen molar-refractivity contribution in [3.8, 4) is 5.69 Å². The molecule has 2 aromatic carbocycles. The van der Waals surface area contributed by atoms with Crippen LogP contribution in [0.4, 0.5) is 10.5 Å². The Bertz CT molecular complexity index is 922. The van der Waals surface area contributed by atoms with Crippen LogP contribution in [0.15, 0.2) is 61.2 Å². The molecule has 8 heteroatoms. The van der Waals surface area contributed by atoms with Crippen molar-refractivity contribution in [1.29, 1.82) is 0 Å². The summed E-state index contributed by atoms with van der Waals surface area (Å²) < 4.78 is 1.62. The number of anilines is 1. The minimum atomic E-state index is -0.673. The van der Waals surface area contributed by atoms with E-state index in [2.05, 4.69) is 20.7 Å². The molecule has 0 aliphatic carbocycles. The topological polar surface area (TPSA) is 115 Å². The van der Waals surface area contributed by atoms with E-state index in [0.717, 1.165) is 16.8 Å². The SMILES string of the molecule is Cc1ccccc1C(CC(=O)Nc1ccc(-n2cncn2)cc1)NC(N)=O. The molecule has 4 N–H and O–H groups in total. The number of primary amides is 1. The molecule has 0 aliphatic heterocycles. The van der Waals surface area contributed by atoms with Gasteiger partial charge in [-0.2, -0.15) is 5.10 Å². The van der Waals surface area contributed by atoms with Crippen LogP contribution in [0, 0.1) is 6.92 Å². The highest BCUT2D eigenvalue weighted by molar-refractivity contribution is 5.91. The average molecular weight is 364 g/mol. The highest BCUT2D eigenvalue weighted by Crippen LogP contribution is 2.21. The summed E-state index contributed by atoms with van der Waals surface area (Å²) in [6.45, 7) is 1.92. The van der Waals surface area contributed by atoms with Gasteiger partial charge in [0.2, 0.25) is 5.91 Å². The highest BCUT2D eigenvalue weighted by Gasteiger charge is 2.19. The van der Waals surface area contributed by atoms with E-state index in [0.29, 0.717) is 5.69 Å². The Balaban J connectivity index is 1.69. The third-order valence-corrected chi connectivity index (χ3v) is 4.10. The number of amides is 3. The largest absolute Gasteiger partial charge is 0.352 e. The van der Waals surface area contributed by atoms with Gasteiger partial charge in [0.25, 0.3) is 0 Å². The predicted molar refractivity (Wildman–Crippen MR) is 101 cm³/mol. The molecule has 1 atom stereocenters. The molecule has 8 nitrogen and oxygen atoms in total.